The Morgan fingerprint density at radius 2 is 1.93 bits per heavy atom. The smallest absolute Gasteiger partial charge is 0.00882 e. The Bertz CT molecular complexity index is 409. The van der Waals surface area contributed by atoms with Gasteiger partial charge in [-0.05, 0) is 53.2 Å². The average molecular weight is 200 g/mol. The van der Waals surface area contributed by atoms with Crippen LogP contribution in [0, 0.1) is 24.2 Å². The molecule has 0 spiro atoms. The van der Waals surface area contributed by atoms with Gasteiger partial charge in [0, 0.05) is 0 Å². The van der Waals surface area contributed by atoms with E-state index in [1.807, 2.05) is 0 Å². The van der Waals surface area contributed by atoms with Crippen LogP contribution in [0.25, 0.3) is 0 Å². The maximum Gasteiger partial charge on any atom is -0.00882 e. The predicted molar refractivity (Wildman–Crippen MR) is 64.1 cm³/mol. The fraction of sp³-hybridized carbons (Fsp3) is 0.600. The molecule has 0 amide bonds. The first-order valence-electron chi connectivity index (χ1n) is 6.08. The minimum atomic E-state index is 0.497. The van der Waals surface area contributed by atoms with Crippen LogP contribution < -0.4 is 0 Å². The van der Waals surface area contributed by atoms with E-state index in [9.17, 15) is 0 Å². The van der Waals surface area contributed by atoms with Crippen LogP contribution in [0.3, 0.4) is 0 Å². The molecule has 1 aromatic carbocycles. The average Bonchev–Trinajstić information content (AvgIpc) is 2.73. The Labute approximate surface area is 92.7 Å². The summed E-state index contributed by atoms with van der Waals surface area (Å²) < 4.78 is 0. The first-order chi connectivity index (χ1) is 7.00. The van der Waals surface area contributed by atoms with Crippen molar-refractivity contribution in [3.8, 4) is 0 Å². The Kier molecular flexibility index (Phi) is 1.68. The van der Waals surface area contributed by atoms with E-state index in [0.717, 1.165) is 17.8 Å². The molecular weight excluding hydrogens is 180 g/mol. The van der Waals surface area contributed by atoms with Crippen LogP contribution in [-0.4, -0.2) is 0 Å². The molecule has 3 atom stereocenters. The number of fused-ring (bicyclic) bond motifs is 3. The molecule has 1 aromatic rings. The summed E-state index contributed by atoms with van der Waals surface area (Å²) in [5.41, 5.74) is 5.33. The van der Waals surface area contributed by atoms with E-state index < -0.39 is 0 Å². The first-order valence-corrected chi connectivity index (χ1v) is 6.08. The second-order valence-corrected chi connectivity index (χ2v) is 6.43. The third kappa shape index (κ3) is 1.20. The molecule has 0 nitrogen and oxygen atoms in total. The second-order valence-electron chi connectivity index (χ2n) is 6.43. The van der Waals surface area contributed by atoms with E-state index in [-0.39, 0.29) is 0 Å². The van der Waals surface area contributed by atoms with Gasteiger partial charge in [0.05, 0.1) is 0 Å². The van der Waals surface area contributed by atoms with Crippen LogP contribution in [0.5, 0.6) is 0 Å². The fourth-order valence-corrected chi connectivity index (χ4v) is 3.78. The summed E-state index contributed by atoms with van der Waals surface area (Å²) in [5, 5.41) is 0. The van der Waals surface area contributed by atoms with Crippen LogP contribution in [-0.2, 0) is 6.42 Å². The van der Waals surface area contributed by atoms with Gasteiger partial charge < -0.3 is 0 Å². The largest absolute Gasteiger partial charge is 0.0617 e. The minimum absolute atomic E-state index is 0.497. The Morgan fingerprint density at radius 1 is 1.20 bits per heavy atom. The summed E-state index contributed by atoms with van der Waals surface area (Å²) in [7, 11) is 0. The molecule has 1 saturated carbocycles. The van der Waals surface area contributed by atoms with E-state index in [0.29, 0.717) is 5.41 Å². The van der Waals surface area contributed by atoms with Gasteiger partial charge in [-0.3, -0.25) is 0 Å². The monoisotopic (exact) mass is 200 g/mol. The Morgan fingerprint density at radius 3 is 2.60 bits per heavy atom. The van der Waals surface area contributed by atoms with Gasteiger partial charge in [0.1, 0.15) is 0 Å². The summed E-state index contributed by atoms with van der Waals surface area (Å²) in [5.74, 6) is 2.78. The number of hydrogen-bond acceptors (Lipinski definition) is 0. The van der Waals surface area contributed by atoms with Crippen LogP contribution in [0.1, 0.15) is 43.4 Å². The molecule has 15 heavy (non-hydrogen) atoms. The lowest BCUT2D eigenvalue weighted by Gasteiger charge is -2.22. The standard InChI is InChI=1S/C15H20/c1-9-6-5-7-10-11(9)8-12-13(10)14(12)15(2,3)4/h5-7,12-14H,8H2,1-4H3. The predicted octanol–water partition coefficient (Wildman–Crippen LogP) is 3.93. The van der Waals surface area contributed by atoms with Crippen molar-refractivity contribution in [3.05, 3.63) is 34.9 Å². The summed E-state index contributed by atoms with van der Waals surface area (Å²) in [6.07, 6.45) is 1.34. The van der Waals surface area contributed by atoms with Gasteiger partial charge in [-0.1, -0.05) is 39.0 Å². The van der Waals surface area contributed by atoms with Crippen molar-refractivity contribution in [2.45, 2.75) is 40.0 Å². The van der Waals surface area contributed by atoms with E-state index in [4.69, 9.17) is 0 Å². The van der Waals surface area contributed by atoms with E-state index in [2.05, 4.69) is 45.9 Å². The van der Waals surface area contributed by atoms with Gasteiger partial charge in [0.2, 0.25) is 0 Å². The molecule has 0 heteroatoms. The van der Waals surface area contributed by atoms with E-state index in [1.165, 1.54) is 12.0 Å². The molecule has 0 N–H and O–H groups in total. The Hall–Kier alpha value is -0.780. The summed E-state index contributed by atoms with van der Waals surface area (Å²) in [6, 6.07) is 6.85. The number of aryl methyl sites for hydroxylation is 1. The van der Waals surface area contributed by atoms with Crippen molar-refractivity contribution < 1.29 is 0 Å². The van der Waals surface area contributed by atoms with Crippen molar-refractivity contribution >= 4 is 0 Å². The number of hydrogen-bond donors (Lipinski definition) is 0. The quantitative estimate of drug-likeness (QED) is 0.595. The zero-order valence-electron chi connectivity index (χ0n) is 10.2. The lowest BCUT2D eigenvalue weighted by atomic mass is 9.83. The molecule has 3 unspecified atom stereocenters. The molecule has 2 aliphatic rings. The number of rotatable bonds is 0. The van der Waals surface area contributed by atoms with Gasteiger partial charge >= 0.3 is 0 Å². The van der Waals surface area contributed by atoms with Crippen molar-refractivity contribution in [2.24, 2.45) is 17.3 Å². The second kappa shape index (κ2) is 2.66. The molecule has 0 aromatic heterocycles. The summed E-state index contributed by atoms with van der Waals surface area (Å²) in [6.45, 7) is 9.44. The van der Waals surface area contributed by atoms with Crippen LogP contribution in [0.15, 0.2) is 18.2 Å². The van der Waals surface area contributed by atoms with Crippen molar-refractivity contribution in [1.29, 1.82) is 0 Å². The molecule has 0 heterocycles. The third-order valence-electron chi connectivity index (χ3n) is 4.41. The SMILES string of the molecule is Cc1cccc2c1CC1C2C1C(C)(C)C. The van der Waals surface area contributed by atoms with Crippen molar-refractivity contribution in [2.75, 3.05) is 0 Å². The normalized spacial score (nSPS) is 32.4. The highest BCUT2D eigenvalue weighted by Crippen LogP contribution is 2.67. The third-order valence-corrected chi connectivity index (χ3v) is 4.41. The minimum Gasteiger partial charge on any atom is -0.0617 e. The lowest BCUT2D eigenvalue weighted by Crippen LogP contribution is -2.13. The van der Waals surface area contributed by atoms with Crippen LogP contribution in [0.2, 0.25) is 0 Å². The first kappa shape index (κ1) is 9.45. The fourth-order valence-electron chi connectivity index (χ4n) is 3.78. The Balaban J connectivity index is 1.98. The molecular formula is C15H20. The molecule has 0 saturated heterocycles. The number of benzene rings is 1. The molecule has 0 aliphatic heterocycles. The van der Waals surface area contributed by atoms with Crippen molar-refractivity contribution in [3.63, 3.8) is 0 Å². The van der Waals surface area contributed by atoms with Crippen LogP contribution >= 0.6 is 0 Å². The summed E-state index contributed by atoms with van der Waals surface area (Å²) >= 11 is 0. The highest BCUT2D eigenvalue weighted by atomic mass is 14.6. The molecule has 3 rings (SSSR count). The topological polar surface area (TPSA) is 0 Å². The molecule has 0 radical (unpaired) electrons. The van der Waals surface area contributed by atoms with Gasteiger partial charge in [0.25, 0.3) is 0 Å². The van der Waals surface area contributed by atoms with Crippen LogP contribution in [0.4, 0.5) is 0 Å². The lowest BCUT2D eigenvalue weighted by molar-refractivity contribution is 0.321. The molecule has 0 bridgehead atoms. The maximum atomic E-state index is 2.39. The maximum absolute atomic E-state index is 2.39. The zero-order chi connectivity index (χ0) is 10.8. The molecule has 80 valence electrons. The highest BCUT2D eigenvalue weighted by Gasteiger charge is 2.59. The van der Waals surface area contributed by atoms with Gasteiger partial charge in [0.15, 0.2) is 0 Å². The highest BCUT2D eigenvalue weighted by molar-refractivity contribution is 5.47. The van der Waals surface area contributed by atoms with E-state index in [1.54, 1.807) is 11.1 Å². The van der Waals surface area contributed by atoms with Gasteiger partial charge in [-0.2, -0.15) is 0 Å². The summed E-state index contributed by atoms with van der Waals surface area (Å²) in [4.78, 5) is 0. The zero-order valence-corrected chi connectivity index (χ0v) is 10.2. The molecule has 1 fully saturated rings. The van der Waals surface area contributed by atoms with E-state index >= 15 is 0 Å². The van der Waals surface area contributed by atoms with Crippen molar-refractivity contribution in [1.82, 2.24) is 0 Å². The van der Waals surface area contributed by atoms with Gasteiger partial charge in [-0.25, -0.2) is 0 Å². The molecule has 2 aliphatic carbocycles. The van der Waals surface area contributed by atoms with Gasteiger partial charge in [-0.15, -0.1) is 0 Å².